The molecule has 0 aromatic heterocycles. The lowest BCUT2D eigenvalue weighted by atomic mass is 10.1. The molecule has 0 spiro atoms. The van der Waals surface area contributed by atoms with Gasteiger partial charge in [-0.15, -0.1) is 0 Å². The number of rotatable bonds is 12. The van der Waals surface area contributed by atoms with Gasteiger partial charge in [-0.3, -0.25) is 0 Å². The molecule has 1 heterocycles. The monoisotopic (exact) mass is 496 g/mol. The van der Waals surface area contributed by atoms with Crippen LogP contribution in [0.15, 0.2) is 121 Å². The first-order valence-corrected chi connectivity index (χ1v) is 12.6. The van der Waals surface area contributed by atoms with Crippen molar-refractivity contribution in [3.05, 3.63) is 138 Å². The van der Waals surface area contributed by atoms with Gasteiger partial charge in [0, 0.05) is 0 Å². The lowest BCUT2D eigenvalue weighted by Crippen LogP contribution is -2.40. The highest BCUT2D eigenvalue weighted by molar-refractivity contribution is 5.22. The lowest BCUT2D eigenvalue weighted by Gasteiger charge is -2.25. The Balaban J connectivity index is 1.33. The standard InChI is InChI=1S/C32H32O5/c1-5-13-25(14-6-1)21-33-24-29-30(34-22-26-15-7-2-8-16-26)31(35-23-27-17-9-3-10-18-27)32(37-29)36-28-19-11-4-12-20-28/h1-20,29-32H,21-24H2/t29-,30-,31-,32+/m1/s1. The Morgan fingerprint density at radius 3 is 1.51 bits per heavy atom. The first-order valence-electron chi connectivity index (χ1n) is 12.6. The van der Waals surface area contributed by atoms with Crippen molar-refractivity contribution in [2.45, 2.75) is 44.4 Å². The minimum atomic E-state index is -0.641. The van der Waals surface area contributed by atoms with Crippen molar-refractivity contribution in [3.8, 4) is 5.75 Å². The Labute approximate surface area is 218 Å². The Morgan fingerprint density at radius 1 is 0.514 bits per heavy atom. The Morgan fingerprint density at radius 2 is 0.973 bits per heavy atom. The molecule has 0 amide bonds. The number of ether oxygens (including phenoxy) is 5. The van der Waals surface area contributed by atoms with Crippen molar-refractivity contribution < 1.29 is 23.7 Å². The molecule has 0 N–H and O–H groups in total. The van der Waals surface area contributed by atoms with Gasteiger partial charge in [0.15, 0.2) is 0 Å². The average molecular weight is 497 g/mol. The molecule has 0 radical (unpaired) electrons. The van der Waals surface area contributed by atoms with Gasteiger partial charge in [-0.1, -0.05) is 109 Å². The molecule has 37 heavy (non-hydrogen) atoms. The van der Waals surface area contributed by atoms with E-state index in [-0.39, 0.29) is 12.2 Å². The summed E-state index contributed by atoms with van der Waals surface area (Å²) in [6, 6.07) is 40.0. The van der Waals surface area contributed by atoms with E-state index in [0.717, 1.165) is 16.7 Å². The summed E-state index contributed by atoms with van der Waals surface area (Å²) in [6.07, 6.45) is -1.83. The van der Waals surface area contributed by atoms with Crippen LogP contribution in [-0.2, 0) is 38.8 Å². The molecular weight excluding hydrogens is 464 g/mol. The Hall–Kier alpha value is -3.48. The zero-order chi connectivity index (χ0) is 25.1. The van der Waals surface area contributed by atoms with Crippen molar-refractivity contribution >= 4 is 0 Å². The molecule has 5 heteroatoms. The molecule has 190 valence electrons. The van der Waals surface area contributed by atoms with E-state index in [4.69, 9.17) is 23.7 Å². The largest absolute Gasteiger partial charge is 0.462 e. The van der Waals surface area contributed by atoms with Gasteiger partial charge in [0.05, 0.1) is 26.4 Å². The second-order valence-corrected chi connectivity index (χ2v) is 9.00. The van der Waals surface area contributed by atoms with Crippen LogP contribution in [0.25, 0.3) is 0 Å². The van der Waals surface area contributed by atoms with E-state index in [1.54, 1.807) is 0 Å². The third-order valence-electron chi connectivity index (χ3n) is 6.23. The third kappa shape index (κ3) is 7.28. The zero-order valence-electron chi connectivity index (χ0n) is 20.7. The molecule has 4 atom stereocenters. The second-order valence-electron chi connectivity index (χ2n) is 9.00. The maximum Gasteiger partial charge on any atom is 0.229 e. The molecule has 1 saturated heterocycles. The second kappa shape index (κ2) is 13.2. The molecule has 5 rings (SSSR count). The summed E-state index contributed by atoms with van der Waals surface area (Å²) < 4.78 is 31.7. The summed E-state index contributed by atoms with van der Waals surface area (Å²) in [4.78, 5) is 0. The van der Waals surface area contributed by atoms with Crippen LogP contribution < -0.4 is 4.74 Å². The number of hydrogen-bond acceptors (Lipinski definition) is 5. The third-order valence-corrected chi connectivity index (χ3v) is 6.23. The van der Waals surface area contributed by atoms with Crippen LogP contribution in [0.2, 0.25) is 0 Å². The smallest absolute Gasteiger partial charge is 0.229 e. The lowest BCUT2D eigenvalue weighted by molar-refractivity contribution is -0.138. The van der Waals surface area contributed by atoms with Crippen molar-refractivity contribution in [2.24, 2.45) is 0 Å². The van der Waals surface area contributed by atoms with Crippen LogP contribution in [0, 0.1) is 0 Å². The van der Waals surface area contributed by atoms with Gasteiger partial charge in [-0.2, -0.15) is 0 Å². The summed E-state index contributed by atoms with van der Waals surface area (Å²) in [7, 11) is 0. The van der Waals surface area contributed by atoms with Crippen LogP contribution in [0.4, 0.5) is 0 Å². The molecule has 4 aromatic carbocycles. The molecule has 1 aliphatic rings. The highest BCUT2D eigenvalue weighted by Gasteiger charge is 2.48. The van der Waals surface area contributed by atoms with Gasteiger partial charge in [0.1, 0.15) is 24.1 Å². The predicted molar refractivity (Wildman–Crippen MR) is 142 cm³/mol. The van der Waals surface area contributed by atoms with Gasteiger partial charge in [0.25, 0.3) is 0 Å². The molecule has 0 aliphatic carbocycles. The summed E-state index contributed by atoms with van der Waals surface area (Å²) >= 11 is 0. The summed E-state index contributed by atoms with van der Waals surface area (Å²) in [5.74, 6) is 0.716. The van der Waals surface area contributed by atoms with E-state index >= 15 is 0 Å². The van der Waals surface area contributed by atoms with Crippen molar-refractivity contribution in [1.29, 1.82) is 0 Å². The van der Waals surface area contributed by atoms with Gasteiger partial charge >= 0.3 is 0 Å². The van der Waals surface area contributed by atoms with Crippen LogP contribution in [0.3, 0.4) is 0 Å². The van der Waals surface area contributed by atoms with Gasteiger partial charge in [-0.25, -0.2) is 0 Å². The van der Waals surface area contributed by atoms with E-state index < -0.39 is 12.4 Å². The quantitative estimate of drug-likeness (QED) is 0.234. The fraction of sp³-hybridized carbons (Fsp3) is 0.250. The average Bonchev–Trinajstić information content (AvgIpc) is 3.28. The summed E-state index contributed by atoms with van der Waals surface area (Å²) in [5.41, 5.74) is 3.27. The van der Waals surface area contributed by atoms with E-state index in [0.29, 0.717) is 32.2 Å². The molecule has 0 bridgehead atoms. The molecule has 0 saturated carbocycles. The number of hydrogen-bond donors (Lipinski definition) is 0. The minimum absolute atomic E-state index is 0.355. The van der Waals surface area contributed by atoms with Crippen LogP contribution in [0.5, 0.6) is 5.75 Å². The Bertz CT molecular complexity index is 1170. The highest BCUT2D eigenvalue weighted by Crippen LogP contribution is 2.31. The fourth-order valence-electron chi connectivity index (χ4n) is 4.33. The first-order chi connectivity index (χ1) is 18.3. The maximum absolute atomic E-state index is 6.46. The SMILES string of the molecule is c1ccc(COC[C@H]2O[C@H](Oc3ccccc3)[C@H](OCc3ccccc3)[C@@H]2OCc2ccccc2)cc1. The minimum Gasteiger partial charge on any atom is -0.462 e. The van der Waals surface area contributed by atoms with Gasteiger partial charge in [-0.05, 0) is 28.8 Å². The van der Waals surface area contributed by atoms with E-state index in [1.807, 2.05) is 109 Å². The summed E-state index contributed by atoms with van der Waals surface area (Å²) in [5, 5.41) is 0. The Kier molecular flexibility index (Phi) is 8.97. The number of benzene rings is 4. The van der Waals surface area contributed by atoms with Crippen molar-refractivity contribution in [2.75, 3.05) is 6.61 Å². The maximum atomic E-state index is 6.46. The predicted octanol–water partition coefficient (Wildman–Crippen LogP) is 6.18. The first kappa shape index (κ1) is 25.2. The topological polar surface area (TPSA) is 46.2 Å². The molecule has 4 aromatic rings. The molecular formula is C32H32O5. The zero-order valence-corrected chi connectivity index (χ0v) is 20.7. The molecule has 1 aliphatic heterocycles. The van der Waals surface area contributed by atoms with E-state index in [2.05, 4.69) is 12.1 Å². The molecule has 5 nitrogen and oxygen atoms in total. The van der Waals surface area contributed by atoms with Crippen molar-refractivity contribution in [1.82, 2.24) is 0 Å². The van der Waals surface area contributed by atoms with E-state index in [9.17, 15) is 0 Å². The van der Waals surface area contributed by atoms with Gasteiger partial charge in [0.2, 0.25) is 6.29 Å². The van der Waals surface area contributed by atoms with E-state index in [1.165, 1.54) is 0 Å². The summed E-state index contributed by atoms with van der Waals surface area (Å²) in [6.45, 7) is 1.71. The van der Waals surface area contributed by atoms with Crippen LogP contribution in [0.1, 0.15) is 16.7 Å². The van der Waals surface area contributed by atoms with Crippen LogP contribution >= 0.6 is 0 Å². The van der Waals surface area contributed by atoms with Crippen molar-refractivity contribution in [3.63, 3.8) is 0 Å². The normalized spacial score (nSPS) is 21.1. The molecule has 1 fully saturated rings. The fourth-order valence-corrected chi connectivity index (χ4v) is 4.33. The number of para-hydroxylation sites is 1. The highest BCUT2D eigenvalue weighted by atomic mass is 16.7. The van der Waals surface area contributed by atoms with Crippen LogP contribution in [-0.4, -0.2) is 31.2 Å². The van der Waals surface area contributed by atoms with Gasteiger partial charge < -0.3 is 23.7 Å². The molecule has 0 unspecified atom stereocenters.